The lowest BCUT2D eigenvalue weighted by molar-refractivity contribution is -0.866. The van der Waals surface area contributed by atoms with E-state index in [0.29, 0.717) is 23.9 Å². The van der Waals surface area contributed by atoms with Gasteiger partial charge in [-0.15, -0.1) is 9.24 Å². The summed E-state index contributed by atoms with van der Waals surface area (Å²) >= 11 is 0. The third kappa shape index (κ3) is 13.4. The Morgan fingerprint density at radius 1 is 0.481 bits per heavy atom. The van der Waals surface area contributed by atoms with E-state index in [1.54, 1.807) is 0 Å². The molecule has 5 atom stereocenters. The minimum Gasteiger partial charge on any atom is -0.340 e. The van der Waals surface area contributed by atoms with Crippen LogP contribution in [0.3, 0.4) is 0 Å². The fourth-order valence-electron chi connectivity index (χ4n) is 13.3. The Balaban J connectivity index is 0.000000917. The Kier molecular flexibility index (Phi) is 19.2. The molecule has 0 bridgehead atoms. The van der Waals surface area contributed by atoms with Crippen LogP contribution < -0.4 is 36.0 Å². The first-order chi connectivity index (χ1) is 39.8. The van der Waals surface area contributed by atoms with Crippen molar-refractivity contribution in [2.75, 3.05) is 12.3 Å². The second-order valence-electron chi connectivity index (χ2n) is 23.0. The van der Waals surface area contributed by atoms with Crippen LogP contribution >= 0.6 is 25.1 Å². The molecule has 4 nitrogen and oxygen atoms in total. The lowest BCUT2D eigenvalue weighted by atomic mass is 9.86. The number of ether oxygens (including phenoxy) is 2. The van der Waals surface area contributed by atoms with E-state index in [-0.39, 0.29) is 0 Å². The van der Waals surface area contributed by atoms with Crippen LogP contribution in [0.5, 0.6) is 11.5 Å². The standard InChI is InChI=1S/C68H76N2O2P2.C6H7P/c1-4-5-29-54(30-23-28-53-26-11-6-12-27-53)56-45-51(2)66-58(47-56)49-69-64-41-21-22-42-65(64)70-50-59-48-57(46-52(3)67(59)72-68(69,70)71-66)55(31-24-43-73(60-33-13-7-14-34-60)61-35-15-8-16-36-61)32-25-44-74(62-37-17-9-18-38-62)63-39-19-10-20-40-63;7-6-4-2-1-3-5-6/h6-20,26-27,33-40,45-50,54-55,64-65H,4-5,21-25,28-32,41-44H2,1-3H3;1-5H,7H2/q+2;. The molecule has 0 aromatic heterocycles. The molecular formula is C74H83N2O2P3+2. The average Bonchev–Trinajstić information content (AvgIpc) is 4.03. The summed E-state index contributed by atoms with van der Waals surface area (Å²) in [4.78, 5) is 0. The van der Waals surface area contributed by atoms with Gasteiger partial charge in [0.25, 0.3) is 0 Å². The van der Waals surface area contributed by atoms with Crippen LogP contribution in [-0.4, -0.2) is 52.0 Å². The van der Waals surface area contributed by atoms with Crippen molar-refractivity contribution < 1.29 is 18.6 Å². The fraction of sp³-hybridized carbons (Fsp3) is 0.324. The maximum atomic E-state index is 7.54. The Bertz CT molecular complexity index is 3190. The number of nitrogens with zero attached hydrogens (tertiary/aromatic N) is 2. The molecule has 8 aromatic carbocycles. The zero-order chi connectivity index (χ0) is 55.4. The van der Waals surface area contributed by atoms with Gasteiger partial charge >= 0.3 is 6.03 Å². The molecule has 1 spiro atoms. The van der Waals surface area contributed by atoms with Crippen LogP contribution in [0.15, 0.2) is 206 Å². The molecule has 5 unspecified atom stereocenters. The van der Waals surface area contributed by atoms with Gasteiger partial charge in [-0.25, -0.2) is 0 Å². The van der Waals surface area contributed by atoms with Crippen molar-refractivity contribution in [2.45, 2.75) is 141 Å². The Labute approximate surface area is 489 Å². The number of hydrogen-bond donors (Lipinski definition) is 0. The smallest absolute Gasteiger partial charge is 0.340 e. The molecule has 1 saturated carbocycles. The zero-order valence-corrected chi connectivity index (χ0v) is 51.0. The summed E-state index contributed by atoms with van der Waals surface area (Å²) < 4.78 is 20.0. The lowest BCUT2D eigenvalue weighted by Crippen LogP contribution is -2.60. The third-order valence-electron chi connectivity index (χ3n) is 17.4. The average molecular weight is 1130 g/mol. The Morgan fingerprint density at radius 3 is 1.23 bits per heavy atom. The highest BCUT2D eigenvalue weighted by atomic mass is 31.1. The summed E-state index contributed by atoms with van der Waals surface area (Å²) in [7, 11) is 1.71. The molecule has 81 heavy (non-hydrogen) atoms. The van der Waals surface area contributed by atoms with Crippen molar-refractivity contribution in [1.29, 1.82) is 0 Å². The highest BCUT2D eigenvalue weighted by molar-refractivity contribution is 7.73. The highest BCUT2D eigenvalue weighted by Gasteiger charge is 2.76. The normalized spacial score (nSPS) is 18.0. The second kappa shape index (κ2) is 27.4. The van der Waals surface area contributed by atoms with Gasteiger partial charge in [-0.05, 0) is 185 Å². The topological polar surface area (TPSA) is 24.5 Å². The summed E-state index contributed by atoms with van der Waals surface area (Å²) in [6, 6.07) is 75.8. The first kappa shape index (κ1) is 56.8. The zero-order valence-electron chi connectivity index (χ0n) is 48.1. The summed E-state index contributed by atoms with van der Waals surface area (Å²) in [5.74, 6) is 2.89. The van der Waals surface area contributed by atoms with Crippen LogP contribution in [0, 0.1) is 13.8 Å². The fourth-order valence-corrected chi connectivity index (χ4v) is 18.3. The predicted molar refractivity (Wildman–Crippen MR) is 350 cm³/mol. The number of unbranched alkanes of at least 4 members (excludes halogenated alkanes) is 1. The molecule has 7 heteroatoms. The highest BCUT2D eigenvalue weighted by Crippen LogP contribution is 2.48. The van der Waals surface area contributed by atoms with Crippen molar-refractivity contribution in [3.05, 3.63) is 245 Å². The lowest BCUT2D eigenvalue weighted by Gasteiger charge is -2.30. The molecule has 3 aliphatic heterocycles. The van der Waals surface area contributed by atoms with E-state index in [4.69, 9.17) is 9.47 Å². The first-order valence-electron chi connectivity index (χ1n) is 30.4. The van der Waals surface area contributed by atoms with Crippen molar-refractivity contribution >= 4 is 64.0 Å². The van der Waals surface area contributed by atoms with Crippen molar-refractivity contribution in [1.82, 2.24) is 0 Å². The summed E-state index contributed by atoms with van der Waals surface area (Å²) in [6.45, 7) is 6.87. The molecule has 0 amide bonds. The summed E-state index contributed by atoms with van der Waals surface area (Å²) in [5, 5.41) is 7.12. The van der Waals surface area contributed by atoms with Gasteiger partial charge in [0, 0.05) is 12.8 Å². The number of aryl methyl sites for hydroxylation is 3. The molecule has 414 valence electrons. The second-order valence-corrected chi connectivity index (χ2v) is 28.4. The van der Waals surface area contributed by atoms with Crippen molar-refractivity contribution in [3.8, 4) is 11.5 Å². The van der Waals surface area contributed by atoms with E-state index >= 15 is 0 Å². The quantitative estimate of drug-likeness (QED) is 0.0529. The molecule has 0 N–H and O–H groups in total. The molecular weight excluding hydrogens is 1040 g/mol. The van der Waals surface area contributed by atoms with Gasteiger partial charge in [-0.3, -0.25) is 0 Å². The van der Waals surface area contributed by atoms with E-state index < -0.39 is 21.9 Å². The number of rotatable bonds is 21. The molecule has 1 saturated heterocycles. The molecule has 2 fully saturated rings. The molecule has 12 rings (SSSR count). The molecule has 4 aliphatic rings. The van der Waals surface area contributed by atoms with Gasteiger partial charge in [0.05, 0.1) is 11.1 Å². The number of fused-ring (bicyclic) bond motifs is 5. The monoisotopic (exact) mass is 1120 g/mol. The maximum Gasteiger partial charge on any atom is 0.704 e. The van der Waals surface area contributed by atoms with Crippen LogP contribution in [0.4, 0.5) is 0 Å². The minimum absolute atomic E-state index is 0.308. The van der Waals surface area contributed by atoms with E-state index in [1.807, 2.05) is 30.3 Å². The Morgan fingerprint density at radius 2 is 0.852 bits per heavy atom. The van der Waals surface area contributed by atoms with E-state index in [9.17, 15) is 0 Å². The number of benzene rings is 8. The largest absolute Gasteiger partial charge is 0.704 e. The van der Waals surface area contributed by atoms with Crippen molar-refractivity contribution in [3.63, 3.8) is 0 Å². The van der Waals surface area contributed by atoms with E-state index in [0.717, 1.165) is 43.6 Å². The van der Waals surface area contributed by atoms with E-state index in [2.05, 4.69) is 228 Å². The van der Waals surface area contributed by atoms with Gasteiger partial charge in [0.1, 0.15) is 0 Å². The van der Waals surface area contributed by atoms with Gasteiger partial charge in [0.15, 0.2) is 23.9 Å². The van der Waals surface area contributed by atoms with Crippen LogP contribution in [0.2, 0.25) is 0 Å². The first-order valence-corrected chi connectivity index (χ1v) is 34.0. The minimum atomic E-state index is -1.05. The van der Waals surface area contributed by atoms with Gasteiger partial charge in [-0.1, -0.05) is 223 Å². The van der Waals surface area contributed by atoms with Crippen molar-refractivity contribution in [2.24, 2.45) is 0 Å². The van der Waals surface area contributed by atoms with Crippen LogP contribution in [0.1, 0.15) is 141 Å². The van der Waals surface area contributed by atoms with E-state index in [1.165, 1.54) is 136 Å². The maximum absolute atomic E-state index is 7.54. The summed E-state index contributed by atoms with van der Waals surface area (Å²) in [5.41, 5.74) is 9.16. The molecule has 3 heterocycles. The van der Waals surface area contributed by atoms with Gasteiger partial charge < -0.3 is 9.47 Å². The van der Waals surface area contributed by atoms with Gasteiger partial charge in [0.2, 0.25) is 12.1 Å². The molecule has 1 aliphatic carbocycles. The SMILES string of the molecule is CCCCC(CCCc1ccccc1)c1cc(C)c2c(c1)C=[N+]1C3CCCCC3[N+]3=Cc4cc(C(CCCP(c5ccccc5)c5ccccc5)CCCP(c5ccccc5)c5ccccc5)cc(C)c4OC13O2.Pc1ccccc1. The third-order valence-corrected chi connectivity index (χ3v) is 23.0. The van der Waals surface area contributed by atoms with Crippen LogP contribution in [-0.2, 0) is 6.42 Å². The summed E-state index contributed by atoms with van der Waals surface area (Å²) in [6.07, 6.45) is 23.9. The number of hydrogen-bond acceptors (Lipinski definition) is 2. The molecule has 8 aromatic rings. The van der Waals surface area contributed by atoms with Gasteiger partial charge in [-0.2, -0.15) is 0 Å². The van der Waals surface area contributed by atoms with Crippen LogP contribution in [0.25, 0.3) is 0 Å². The Hall–Kier alpha value is -6.01. The predicted octanol–water partition coefficient (Wildman–Crippen LogP) is 16.0. The molecule has 0 radical (unpaired) electrons.